The molecule has 0 unspecified atom stereocenters. The Morgan fingerprint density at radius 3 is 2.90 bits per heavy atom. The molecule has 0 bridgehead atoms. The number of para-hydroxylation sites is 1. The van der Waals surface area contributed by atoms with E-state index in [4.69, 9.17) is 4.74 Å². The van der Waals surface area contributed by atoms with E-state index in [1.165, 1.54) is 0 Å². The SMILES string of the molecule is Cc1cnccc1CN1C[C@H](C(=O)N(C)C)[C@]2(COc3ccccc3C(=O)N2)C1. The highest BCUT2D eigenvalue weighted by Gasteiger charge is 2.53. The molecule has 29 heavy (non-hydrogen) atoms. The lowest BCUT2D eigenvalue weighted by Crippen LogP contribution is -2.60. The van der Waals surface area contributed by atoms with Crippen molar-refractivity contribution in [1.82, 2.24) is 20.1 Å². The summed E-state index contributed by atoms with van der Waals surface area (Å²) in [5.74, 6) is -0.0373. The topological polar surface area (TPSA) is 74.8 Å². The van der Waals surface area contributed by atoms with E-state index in [0.717, 1.165) is 11.1 Å². The minimum Gasteiger partial charge on any atom is -0.490 e. The average molecular weight is 394 g/mol. The second-order valence-corrected chi connectivity index (χ2v) is 8.15. The Morgan fingerprint density at radius 2 is 2.14 bits per heavy atom. The molecule has 1 fully saturated rings. The standard InChI is InChI=1S/C22H26N4O3/c1-15-10-23-9-8-16(15)11-26-12-18(21(28)25(2)3)22(13-26)14-29-19-7-5-4-6-17(19)20(27)24-22/h4-10,18H,11-14H2,1-3H3,(H,24,27)/t18-,22-/m1/s1. The van der Waals surface area contributed by atoms with Crippen LogP contribution in [0.3, 0.4) is 0 Å². The van der Waals surface area contributed by atoms with Crippen molar-refractivity contribution < 1.29 is 14.3 Å². The van der Waals surface area contributed by atoms with Gasteiger partial charge >= 0.3 is 0 Å². The highest BCUT2D eigenvalue weighted by atomic mass is 16.5. The number of aromatic nitrogens is 1. The summed E-state index contributed by atoms with van der Waals surface area (Å²) < 4.78 is 6.05. The summed E-state index contributed by atoms with van der Waals surface area (Å²) in [4.78, 5) is 34.0. The first kappa shape index (κ1) is 19.4. The molecule has 1 saturated heterocycles. The number of carbonyl (C=O) groups excluding carboxylic acids is 2. The van der Waals surface area contributed by atoms with Crippen LogP contribution in [0.25, 0.3) is 0 Å². The number of amides is 2. The van der Waals surface area contributed by atoms with Crippen molar-refractivity contribution >= 4 is 11.8 Å². The fraction of sp³-hybridized carbons (Fsp3) is 0.409. The molecule has 1 aromatic carbocycles. The quantitative estimate of drug-likeness (QED) is 0.853. The highest BCUT2D eigenvalue weighted by molar-refractivity contribution is 5.98. The van der Waals surface area contributed by atoms with Gasteiger partial charge in [-0.05, 0) is 36.2 Å². The van der Waals surface area contributed by atoms with Gasteiger partial charge in [-0.1, -0.05) is 12.1 Å². The van der Waals surface area contributed by atoms with Crippen LogP contribution in [0.5, 0.6) is 5.75 Å². The minimum atomic E-state index is -0.779. The molecule has 2 aromatic rings. The van der Waals surface area contributed by atoms with E-state index in [2.05, 4.69) is 15.2 Å². The van der Waals surface area contributed by atoms with Gasteiger partial charge in [0.25, 0.3) is 5.91 Å². The minimum absolute atomic E-state index is 0.00573. The fourth-order valence-corrected chi connectivity index (χ4v) is 4.26. The van der Waals surface area contributed by atoms with Crippen molar-refractivity contribution in [2.24, 2.45) is 5.92 Å². The maximum Gasteiger partial charge on any atom is 0.255 e. The van der Waals surface area contributed by atoms with Crippen LogP contribution < -0.4 is 10.1 Å². The van der Waals surface area contributed by atoms with Crippen LogP contribution in [0.2, 0.25) is 0 Å². The van der Waals surface area contributed by atoms with Gasteiger partial charge in [0, 0.05) is 46.1 Å². The van der Waals surface area contributed by atoms with Crippen LogP contribution >= 0.6 is 0 Å². The number of pyridine rings is 1. The average Bonchev–Trinajstić information content (AvgIpc) is 2.97. The largest absolute Gasteiger partial charge is 0.490 e. The molecule has 3 heterocycles. The molecule has 2 aliphatic heterocycles. The Balaban J connectivity index is 1.65. The third-order valence-corrected chi connectivity index (χ3v) is 5.86. The molecule has 152 valence electrons. The summed E-state index contributed by atoms with van der Waals surface area (Å²) in [6.07, 6.45) is 3.63. The van der Waals surface area contributed by atoms with Gasteiger partial charge in [0.15, 0.2) is 0 Å². The molecule has 0 saturated carbocycles. The number of fused-ring (bicyclic) bond motifs is 1. The van der Waals surface area contributed by atoms with E-state index in [1.807, 2.05) is 31.3 Å². The Morgan fingerprint density at radius 1 is 1.34 bits per heavy atom. The predicted octanol–water partition coefficient (Wildman–Crippen LogP) is 1.47. The number of hydrogen-bond acceptors (Lipinski definition) is 5. The van der Waals surface area contributed by atoms with Gasteiger partial charge in [-0.3, -0.25) is 19.5 Å². The molecule has 0 aliphatic carbocycles. The fourth-order valence-electron chi connectivity index (χ4n) is 4.26. The Hall–Kier alpha value is -2.93. The number of likely N-dealkylation sites (tertiary alicyclic amines) is 1. The molecular weight excluding hydrogens is 368 g/mol. The van der Waals surface area contributed by atoms with Gasteiger partial charge in [-0.15, -0.1) is 0 Å². The summed E-state index contributed by atoms with van der Waals surface area (Å²) in [5, 5.41) is 3.16. The zero-order valence-electron chi connectivity index (χ0n) is 17.0. The van der Waals surface area contributed by atoms with E-state index >= 15 is 0 Å². The molecule has 2 atom stereocenters. The van der Waals surface area contributed by atoms with Crippen molar-refractivity contribution in [2.75, 3.05) is 33.8 Å². The molecule has 1 aromatic heterocycles. The van der Waals surface area contributed by atoms with Gasteiger partial charge in [0.05, 0.1) is 17.0 Å². The second-order valence-electron chi connectivity index (χ2n) is 8.15. The van der Waals surface area contributed by atoms with Crippen LogP contribution in [0.15, 0.2) is 42.7 Å². The number of aryl methyl sites for hydroxylation is 1. The van der Waals surface area contributed by atoms with Gasteiger partial charge < -0.3 is 15.0 Å². The number of benzene rings is 1. The molecule has 2 aliphatic rings. The molecule has 1 spiro atoms. The van der Waals surface area contributed by atoms with E-state index in [-0.39, 0.29) is 18.4 Å². The second kappa shape index (κ2) is 7.48. The first-order valence-corrected chi connectivity index (χ1v) is 9.77. The smallest absolute Gasteiger partial charge is 0.255 e. The third kappa shape index (κ3) is 3.58. The van der Waals surface area contributed by atoms with Crippen LogP contribution in [0.1, 0.15) is 21.5 Å². The first-order valence-electron chi connectivity index (χ1n) is 9.77. The number of hydrogen-bond donors (Lipinski definition) is 1. The lowest BCUT2D eigenvalue weighted by Gasteiger charge is -2.34. The molecule has 1 N–H and O–H groups in total. The van der Waals surface area contributed by atoms with Crippen LogP contribution in [-0.2, 0) is 11.3 Å². The Kier molecular flexibility index (Phi) is 5.00. The molecule has 7 heteroatoms. The van der Waals surface area contributed by atoms with E-state index in [0.29, 0.717) is 30.9 Å². The van der Waals surface area contributed by atoms with E-state index in [9.17, 15) is 9.59 Å². The Bertz CT molecular complexity index is 945. The Labute approximate surface area is 170 Å². The van der Waals surface area contributed by atoms with Crippen molar-refractivity contribution in [3.63, 3.8) is 0 Å². The predicted molar refractivity (Wildman–Crippen MR) is 109 cm³/mol. The number of rotatable bonds is 3. The van der Waals surface area contributed by atoms with Crippen LogP contribution in [0, 0.1) is 12.8 Å². The number of carbonyl (C=O) groups is 2. The normalized spacial score (nSPS) is 23.8. The van der Waals surface area contributed by atoms with Crippen molar-refractivity contribution in [1.29, 1.82) is 0 Å². The number of ether oxygens (including phenoxy) is 1. The summed E-state index contributed by atoms with van der Waals surface area (Å²) in [6.45, 7) is 4.07. The highest BCUT2D eigenvalue weighted by Crippen LogP contribution is 2.35. The third-order valence-electron chi connectivity index (χ3n) is 5.86. The summed E-state index contributed by atoms with van der Waals surface area (Å²) in [5.41, 5.74) is 2.00. The molecule has 4 rings (SSSR count). The van der Waals surface area contributed by atoms with E-state index < -0.39 is 11.5 Å². The van der Waals surface area contributed by atoms with Crippen LogP contribution in [0.4, 0.5) is 0 Å². The molecule has 2 amide bonds. The summed E-state index contributed by atoms with van der Waals surface area (Å²) in [7, 11) is 3.50. The van der Waals surface area contributed by atoms with Gasteiger partial charge in [-0.25, -0.2) is 0 Å². The lowest BCUT2D eigenvalue weighted by atomic mass is 9.86. The zero-order chi connectivity index (χ0) is 20.6. The van der Waals surface area contributed by atoms with Crippen molar-refractivity contribution in [3.8, 4) is 5.75 Å². The first-order chi connectivity index (χ1) is 13.9. The lowest BCUT2D eigenvalue weighted by molar-refractivity contribution is -0.134. The monoisotopic (exact) mass is 394 g/mol. The van der Waals surface area contributed by atoms with E-state index in [1.54, 1.807) is 37.3 Å². The van der Waals surface area contributed by atoms with Crippen molar-refractivity contribution in [2.45, 2.75) is 19.0 Å². The van der Waals surface area contributed by atoms with Gasteiger partial charge in [0.1, 0.15) is 12.4 Å². The summed E-state index contributed by atoms with van der Waals surface area (Å²) >= 11 is 0. The molecule has 7 nitrogen and oxygen atoms in total. The molecular formula is C22H26N4O3. The van der Waals surface area contributed by atoms with Crippen molar-refractivity contribution in [3.05, 3.63) is 59.4 Å². The molecule has 0 radical (unpaired) electrons. The maximum atomic E-state index is 13.1. The number of nitrogens with zero attached hydrogens (tertiary/aromatic N) is 3. The summed E-state index contributed by atoms with van der Waals surface area (Å²) in [6, 6.07) is 9.21. The number of nitrogens with one attached hydrogen (secondary N) is 1. The zero-order valence-corrected chi connectivity index (χ0v) is 17.0. The maximum absolute atomic E-state index is 13.1. The van der Waals surface area contributed by atoms with Gasteiger partial charge in [-0.2, -0.15) is 0 Å². The van der Waals surface area contributed by atoms with Gasteiger partial charge in [0.2, 0.25) is 5.91 Å². The van der Waals surface area contributed by atoms with Crippen LogP contribution in [-0.4, -0.2) is 65.9 Å².